The van der Waals surface area contributed by atoms with E-state index in [4.69, 9.17) is 4.74 Å². The number of likely N-dealkylation sites (tertiary alicyclic amines) is 1. The minimum absolute atomic E-state index is 0.00257. The number of amides is 2. The van der Waals surface area contributed by atoms with E-state index in [1.807, 2.05) is 25.1 Å². The van der Waals surface area contributed by atoms with E-state index in [-0.39, 0.29) is 17.7 Å². The summed E-state index contributed by atoms with van der Waals surface area (Å²) in [5, 5.41) is 7.11. The topological polar surface area (TPSA) is 76.5 Å². The molecule has 0 spiro atoms. The fourth-order valence-electron chi connectivity index (χ4n) is 3.25. The quantitative estimate of drug-likeness (QED) is 0.801. The molecule has 0 unspecified atom stereocenters. The molecule has 0 saturated carbocycles. The Bertz CT molecular complexity index is 857. The summed E-state index contributed by atoms with van der Waals surface area (Å²) in [7, 11) is 3.25. The molecule has 1 aliphatic heterocycles. The molecule has 2 amide bonds. The number of hydrogen-bond donors (Lipinski definition) is 1. The average Bonchev–Trinajstić information content (AvgIpc) is 3.05. The lowest BCUT2D eigenvalue weighted by molar-refractivity contribution is -0.121. The number of hydrogen-bond acceptors (Lipinski definition) is 4. The van der Waals surface area contributed by atoms with Crippen LogP contribution in [0.4, 0.5) is 5.69 Å². The number of piperidine rings is 1. The molecular formula is C19H23BrN4O3. The summed E-state index contributed by atoms with van der Waals surface area (Å²) in [5.74, 6) is 0.117. The first kappa shape index (κ1) is 19.4. The molecule has 1 fully saturated rings. The van der Waals surface area contributed by atoms with Crippen LogP contribution in [0.3, 0.4) is 0 Å². The molecular weight excluding hydrogens is 412 g/mol. The molecule has 1 aromatic heterocycles. The minimum Gasteiger partial charge on any atom is -0.479 e. The number of benzene rings is 1. The van der Waals surface area contributed by atoms with Gasteiger partial charge >= 0.3 is 0 Å². The highest BCUT2D eigenvalue weighted by molar-refractivity contribution is 9.10. The SMILES string of the molecule is COc1nn(C)cc1C(=O)N1CCC(C(=O)Nc2ccc(Br)c(C)c2)CC1. The third-order valence-electron chi connectivity index (χ3n) is 4.80. The fourth-order valence-corrected chi connectivity index (χ4v) is 3.49. The highest BCUT2D eigenvalue weighted by Gasteiger charge is 2.30. The molecule has 1 aliphatic rings. The zero-order valence-electron chi connectivity index (χ0n) is 15.7. The molecule has 7 nitrogen and oxygen atoms in total. The Morgan fingerprint density at radius 1 is 1.30 bits per heavy atom. The Morgan fingerprint density at radius 2 is 2.00 bits per heavy atom. The first-order valence-electron chi connectivity index (χ1n) is 8.83. The Balaban J connectivity index is 1.58. The summed E-state index contributed by atoms with van der Waals surface area (Å²) >= 11 is 3.46. The molecule has 0 aliphatic carbocycles. The largest absolute Gasteiger partial charge is 0.479 e. The maximum Gasteiger partial charge on any atom is 0.260 e. The van der Waals surface area contributed by atoms with Crippen molar-refractivity contribution in [3.05, 3.63) is 40.0 Å². The normalized spacial score (nSPS) is 14.9. The average molecular weight is 435 g/mol. The van der Waals surface area contributed by atoms with E-state index in [0.29, 0.717) is 37.4 Å². The number of nitrogens with zero attached hydrogens (tertiary/aromatic N) is 3. The number of aromatic nitrogens is 2. The van der Waals surface area contributed by atoms with Crippen LogP contribution in [-0.2, 0) is 11.8 Å². The molecule has 144 valence electrons. The summed E-state index contributed by atoms with van der Waals surface area (Å²) in [6.07, 6.45) is 2.93. The van der Waals surface area contributed by atoms with Crippen molar-refractivity contribution in [1.29, 1.82) is 0 Å². The van der Waals surface area contributed by atoms with E-state index in [0.717, 1.165) is 15.7 Å². The summed E-state index contributed by atoms with van der Waals surface area (Å²) < 4.78 is 7.75. The first-order chi connectivity index (χ1) is 12.9. The number of ether oxygens (including phenoxy) is 1. The molecule has 2 heterocycles. The summed E-state index contributed by atoms with van der Waals surface area (Å²) in [5.41, 5.74) is 2.31. The van der Waals surface area contributed by atoms with Crippen LogP contribution >= 0.6 is 15.9 Å². The second kappa shape index (κ2) is 8.12. The zero-order chi connectivity index (χ0) is 19.6. The summed E-state index contributed by atoms with van der Waals surface area (Å²) in [6.45, 7) is 3.05. The van der Waals surface area contributed by atoms with Crippen molar-refractivity contribution in [3.63, 3.8) is 0 Å². The summed E-state index contributed by atoms with van der Waals surface area (Å²) in [4.78, 5) is 27.0. The van der Waals surface area contributed by atoms with Crippen LogP contribution in [0.1, 0.15) is 28.8 Å². The van der Waals surface area contributed by atoms with E-state index in [2.05, 4.69) is 26.3 Å². The van der Waals surface area contributed by atoms with Crippen molar-refractivity contribution in [3.8, 4) is 5.88 Å². The highest BCUT2D eigenvalue weighted by Crippen LogP contribution is 2.25. The van der Waals surface area contributed by atoms with Crippen LogP contribution in [0.2, 0.25) is 0 Å². The van der Waals surface area contributed by atoms with Crippen molar-refractivity contribution in [2.75, 3.05) is 25.5 Å². The summed E-state index contributed by atoms with van der Waals surface area (Å²) in [6, 6.07) is 5.74. The number of rotatable bonds is 4. The van der Waals surface area contributed by atoms with Gasteiger partial charge in [0.15, 0.2) is 0 Å². The maximum absolute atomic E-state index is 12.7. The van der Waals surface area contributed by atoms with Gasteiger partial charge in [-0.3, -0.25) is 14.3 Å². The van der Waals surface area contributed by atoms with Crippen LogP contribution in [-0.4, -0.2) is 46.7 Å². The molecule has 0 atom stereocenters. The van der Waals surface area contributed by atoms with Gasteiger partial charge in [-0.05, 0) is 43.5 Å². The minimum atomic E-state index is -0.109. The Kier molecular flexibility index (Phi) is 5.84. The third-order valence-corrected chi connectivity index (χ3v) is 5.69. The Labute approximate surface area is 166 Å². The van der Waals surface area contributed by atoms with Crippen LogP contribution in [0.5, 0.6) is 5.88 Å². The van der Waals surface area contributed by atoms with Gasteiger partial charge in [0.2, 0.25) is 11.8 Å². The lowest BCUT2D eigenvalue weighted by Crippen LogP contribution is -2.41. The van der Waals surface area contributed by atoms with E-state index in [1.54, 1.807) is 22.8 Å². The van der Waals surface area contributed by atoms with Gasteiger partial charge in [-0.2, -0.15) is 0 Å². The molecule has 0 radical (unpaired) electrons. The predicted molar refractivity (Wildman–Crippen MR) is 106 cm³/mol. The van der Waals surface area contributed by atoms with Gasteiger partial charge in [-0.15, -0.1) is 5.10 Å². The Hall–Kier alpha value is -2.35. The van der Waals surface area contributed by atoms with E-state index in [1.165, 1.54) is 7.11 Å². The molecule has 1 saturated heterocycles. The molecule has 8 heteroatoms. The van der Waals surface area contributed by atoms with Gasteiger partial charge in [-0.1, -0.05) is 15.9 Å². The number of halogens is 1. The maximum atomic E-state index is 12.7. The first-order valence-corrected chi connectivity index (χ1v) is 9.62. The number of carbonyl (C=O) groups excluding carboxylic acids is 2. The van der Waals surface area contributed by atoms with Gasteiger partial charge in [-0.25, -0.2) is 0 Å². The van der Waals surface area contributed by atoms with Crippen molar-refractivity contribution in [2.45, 2.75) is 19.8 Å². The standard InChI is InChI=1S/C19H23BrN4O3/c1-12-10-14(4-5-16(12)20)21-17(25)13-6-8-24(9-7-13)19(26)15-11-23(2)22-18(15)27-3/h4-5,10-11,13H,6-9H2,1-3H3,(H,21,25). The number of nitrogens with one attached hydrogen (secondary N) is 1. The molecule has 2 aromatic rings. The van der Waals surface area contributed by atoms with Crippen LogP contribution in [0.15, 0.2) is 28.9 Å². The van der Waals surface area contributed by atoms with Crippen LogP contribution in [0.25, 0.3) is 0 Å². The molecule has 1 aromatic carbocycles. The van der Waals surface area contributed by atoms with Crippen molar-refractivity contribution in [1.82, 2.24) is 14.7 Å². The lowest BCUT2D eigenvalue weighted by Gasteiger charge is -2.31. The second-order valence-corrected chi connectivity index (χ2v) is 7.60. The predicted octanol–water partition coefficient (Wildman–Crippen LogP) is 2.99. The van der Waals surface area contributed by atoms with Crippen molar-refractivity contribution in [2.24, 2.45) is 13.0 Å². The molecule has 1 N–H and O–H groups in total. The van der Waals surface area contributed by atoms with E-state index in [9.17, 15) is 9.59 Å². The zero-order valence-corrected chi connectivity index (χ0v) is 17.2. The fraction of sp³-hybridized carbons (Fsp3) is 0.421. The number of anilines is 1. The molecule has 27 heavy (non-hydrogen) atoms. The molecule has 0 bridgehead atoms. The second-order valence-electron chi connectivity index (χ2n) is 6.75. The third kappa shape index (κ3) is 4.32. The number of carbonyl (C=O) groups is 2. The van der Waals surface area contributed by atoms with Crippen molar-refractivity contribution >= 4 is 33.4 Å². The highest BCUT2D eigenvalue weighted by atomic mass is 79.9. The van der Waals surface area contributed by atoms with Crippen LogP contribution < -0.4 is 10.1 Å². The monoisotopic (exact) mass is 434 g/mol. The van der Waals surface area contributed by atoms with E-state index < -0.39 is 0 Å². The van der Waals surface area contributed by atoms with Crippen LogP contribution in [0, 0.1) is 12.8 Å². The van der Waals surface area contributed by atoms with Gasteiger partial charge in [0.25, 0.3) is 5.91 Å². The van der Waals surface area contributed by atoms with Gasteiger partial charge in [0.1, 0.15) is 5.56 Å². The van der Waals surface area contributed by atoms with Gasteiger partial charge in [0, 0.05) is 42.4 Å². The Morgan fingerprint density at radius 3 is 2.63 bits per heavy atom. The molecule has 3 rings (SSSR count). The van der Waals surface area contributed by atoms with E-state index >= 15 is 0 Å². The smallest absolute Gasteiger partial charge is 0.260 e. The number of aryl methyl sites for hydroxylation is 2. The number of methoxy groups -OCH3 is 1. The van der Waals surface area contributed by atoms with Crippen molar-refractivity contribution < 1.29 is 14.3 Å². The van der Waals surface area contributed by atoms with Gasteiger partial charge < -0.3 is 15.0 Å². The van der Waals surface area contributed by atoms with Gasteiger partial charge in [0.05, 0.1) is 7.11 Å². The lowest BCUT2D eigenvalue weighted by atomic mass is 9.95.